The molecule has 0 saturated carbocycles. The Morgan fingerprint density at radius 2 is 1.76 bits per heavy atom. The summed E-state index contributed by atoms with van der Waals surface area (Å²) in [5.41, 5.74) is 0.593. The van der Waals surface area contributed by atoms with E-state index in [0.717, 1.165) is 25.5 Å². The molecule has 1 aromatic carbocycles. The molecule has 0 unspecified atom stereocenters. The highest BCUT2D eigenvalue weighted by Crippen LogP contribution is 2.05. The largest absolute Gasteiger partial charge is 0.284 e. The number of hydrogen-bond acceptors (Lipinski definition) is 2. The fourth-order valence-electron chi connectivity index (χ4n) is 1.06. The predicted molar refractivity (Wildman–Crippen MR) is 70.4 cm³/mol. The van der Waals surface area contributed by atoms with Crippen molar-refractivity contribution in [3.8, 4) is 0 Å². The molecule has 0 aliphatic carbocycles. The van der Waals surface area contributed by atoms with E-state index in [1.54, 1.807) is 24.3 Å². The minimum atomic E-state index is -3.13. The second-order valence-corrected chi connectivity index (χ2v) is 5.38. The topological polar surface area (TPSA) is 46.2 Å². The van der Waals surface area contributed by atoms with Crippen molar-refractivity contribution in [1.29, 1.82) is 0 Å². The van der Waals surface area contributed by atoms with E-state index < -0.39 is 10.0 Å². The van der Waals surface area contributed by atoms with Crippen molar-refractivity contribution in [2.75, 3.05) is 17.7 Å². The van der Waals surface area contributed by atoms with Crippen LogP contribution in [0.4, 0.5) is 10.1 Å². The Morgan fingerprint density at radius 3 is 2.12 bits per heavy atom. The van der Waals surface area contributed by atoms with Crippen LogP contribution in [0.5, 0.6) is 0 Å². The Morgan fingerprint density at radius 1 is 1.18 bits per heavy atom. The highest BCUT2D eigenvalue weighted by molar-refractivity contribution is 7.92. The summed E-state index contributed by atoms with van der Waals surface area (Å²) in [4.78, 5) is 0. The SMILES string of the molecule is CCCCCF.CS(=O)(=O)Nc1ccccc1. The van der Waals surface area contributed by atoms with Crippen LogP contribution in [0.15, 0.2) is 30.3 Å². The van der Waals surface area contributed by atoms with Crippen molar-refractivity contribution < 1.29 is 12.8 Å². The van der Waals surface area contributed by atoms with Gasteiger partial charge in [-0.3, -0.25) is 9.11 Å². The predicted octanol–water partition coefficient (Wildman–Crippen LogP) is 3.20. The number of unbranched alkanes of at least 4 members (excludes halogenated alkanes) is 2. The summed E-state index contributed by atoms with van der Waals surface area (Å²) in [6.07, 6.45) is 4.02. The van der Waals surface area contributed by atoms with Crippen LogP contribution in [-0.4, -0.2) is 21.3 Å². The Labute approximate surface area is 103 Å². The molecule has 0 heterocycles. The van der Waals surface area contributed by atoms with E-state index in [-0.39, 0.29) is 6.67 Å². The molecular formula is C12H20FNO2S. The number of para-hydroxylation sites is 1. The maximum atomic E-state index is 11.2. The van der Waals surface area contributed by atoms with Crippen LogP contribution in [0.1, 0.15) is 26.2 Å². The number of nitrogens with one attached hydrogen (secondary N) is 1. The Bertz CT molecular complexity index is 375. The summed E-state index contributed by atoms with van der Waals surface area (Å²) in [7, 11) is -3.13. The van der Waals surface area contributed by atoms with Crippen LogP contribution in [0.25, 0.3) is 0 Å². The van der Waals surface area contributed by atoms with E-state index in [9.17, 15) is 12.8 Å². The average molecular weight is 261 g/mol. The van der Waals surface area contributed by atoms with Gasteiger partial charge in [-0.25, -0.2) is 8.42 Å². The average Bonchev–Trinajstić information content (AvgIpc) is 2.26. The van der Waals surface area contributed by atoms with Crippen LogP contribution in [-0.2, 0) is 10.0 Å². The van der Waals surface area contributed by atoms with E-state index >= 15 is 0 Å². The molecule has 0 aliphatic heterocycles. The quantitative estimate of drug-likeness (QED) is 0.827. The zero-order valence-electron chi connectivity index (χ0n) is 10.3. The third-order valence-electron chi connectivity index (χ3n) is 1.81. The lowest BCUT2D eigenvalue weighted by molar-refractivity contribution is 0.460. The standard InChI is InChI=1S/C7H9NO2S.C5H11F/c1-11(9,10)8-7-5-3-2-4-6-7;1-2-3-4-5-6/h2-6,8H,1H3;2-5H2,1H3. The van der Waals surface area contributed by atoms with Gasteiger partial charge in [-0.1, -0.05) is 38.0 Å². The van der Waals surface area contributed by atoms with E-state index in [1.165, 1.54) is 0 Å². The Kier molecular flexibility index (Phi) is 8.40. The van der Waals surface area contributed by atoms with E-state index in [4.69, 9.17) is 0 Å². The van der Waals surface area contributed by atoms with Gasteiger partial charge < -0.3 is 0 Å². The first kappa shape index (κ1) is 15.9. The normalized spacial score (nSPS) is 10.3. The molecule has 1 N–H and O–H groups in total. The van der Waals surface area contributed by atoms with E-state index in [2.05, 4.69) is 11.6 Å². The van der Waals surface area contributed by atoms with Gasteiger partial charge in [-0.15, -0.1) is 0 Å². The first-order chi connectivity index (χ1) is 7.99. The van der Waals surface area contributed by atoms with Gasteiger partial charge in [0, 0.05) is 5.69 Å². The smallest absolute Gasteiger partial charge is 0.229 e. The summed E-state index contributed by atoms with van der Waals surface area (Å²) >= 11 is 0. The molecule has 0 aliphatic rings. The van der Waals surface area contributed by atoms with Crippen LogP contribution >= 0.6 is 0 Å². The third-order valence-corrected chi connectivity index (χ3v) is 2.42. The second-order valence-electron chi connectivity index (χ2n) is 3.64. The maximum Gasteiger partial charge on any atom is 0.229 e. The lowest BCUT2D eigenvalue weighted by Gasteiger charge is -2.00. The fraction of sp³-hybridized carbons (Fsp3) is 0.500. The molecule has 3 nitrogen and oxygen atoms in total. The van der Waals surface area contributed by atoms with Gasteiger partial charge in [0.05, 0.1) is 12.9 Å². The highest BCUT2D eigenvalue weighted by atomic mass is 32.2. The zero-order valence-corrected chi connectivity index (χ0v) is 11.1. The molecule has 0 atom stereocenters. The van der Waals surface area contributed by atoms with Crippen LogP contribution in [0.2, 0.25) is 0 Å². The van der Waals surface area contributed by atoms with Gasteiger partial charge in [0.1, 0.15) is 0 Å². The first-order valence-electron chi connectivity index (χ1n) is 5.58. The molecule has 1 aromatic rings. The zero-order chi connectivity index (χ0) is 13.1. The summed E-state index contributed by atoms with van der Waals surface area (Å²) < 4.78 is 34.9. The van der Waals surface area contributed by atoms with Crippen LogP contribution in [0.3, 0.4) is 0 Å². The number of halogens is 1. The van der Waals surface area contributed by atoms with Gasteiger partial charge in [-0.05, 0) is 18.6 Å². The molecule has 1 rings (SSSR count). The third kappa shape index (κ3) is 11.2. The van der Waals surface area contributed by atoms with E-state index in [1.807, 2.05) is 6.07 Å². The summed E-state index contributed by atoms with van der Waals surface area (Å²) in [6.45, 7) is 1.92. The van der Waals surface area contributed by atoms with Crippen molar-refractivity contribution in [2.24, 2.45) is 0 Å². The van der Waals surface area contributed by atoms with Gasteiger partial charge in [0.2, 0.25) is 10.0 Å². The summed E-state index contributed by atoms with van der Waals surface area (Å²) in [5.74, 6) is 0. The second kappa shape index (κ2) is 8.98. The monoisotopic (exact) mass is 261 g/mol. The number of rotatable bonds is 5. The molecule has 0 fully saturated rings. The molecule has 17 heavy (non-hydrogen) atoms. The molecule has 0 spiro atoms. The number of hydrogen-bond donors (Lipinski definition) is 1. The number of sulfonamides is 1. The molecule has 0 bridgehead atoms. The minimum Gasteiger partial charge on any atom is -0.284 e. The molecule has 0 aromatic heterocycles. The number of benzene rings is 1. The van der Waals surface area contributed by atoms with Crippen LogP contribution < -0.4 is 4.72 Å². The molecule has 5 heteroatoms. The number of alkyl halides is 1. The highest BCUT2D eigenvalue weighted by Gasteiger charge is 1.98. The van der Waals surface area contributed by atoms with Crippen LogP contribution in [0, 0.1) is 0 Å². The lowest BCUT2D eigenvalue weighted by atomic mass is 10.3. The lowest BCUT2D eigenvalue weighted by Crippen LogP contribution is -2.08. The van der Waals surface area contributed by atoms with Crippen molar-refractivity contribution in [2.45, 2.75) is 26.2 Å². The molecule has 0 saturated heterocycles. The molecular weight excluding hydrogens is 241 g/mol. The molecule has 0 radical (unpaired) electrons. The first-order valence-corrected chi connectivity index (χ1v) is 7.47. The van der Waals surface area contributed by atoms with Crippen molar-refractivity contribution in [3.63, 3.8) is 0 Å². The van der Waals surface area contributed by atoms with Crippen molar-refractivity contribution >= 4 is 15.7 Å². The van der Waals surface area contributed by atoms with Gasteiger partial charge in [0.25, 0.3) is 0 Å². The van der Waals surface area contributed by atoms with Crippen molar-refractivity contribution in [1.82, 2.24) is 0 Å². The summed E-state index contributed by atoms with van der Waals surface area (Å²) in [5, 5.41) is 0. The van der Waals surface area contributed by atoms with E-state index in [0.29, 0.717) is 5.69 Å². The van der Waals surface area contributed by atoms with Gasteiger partial charge in [0.15, 0.2) is 0 Å². The Hall–Kier alpha value is -1.10. The minimum absolute atomic E-state index is 0.145. The summed E-state index contributed by atoms with van der Waals surface area (Å²) in [6, 6.07) is 8.76. The molecule has 0 amide bonds. The van der Waals surface area contributed by atoms with Gasteiger partial charge in [-0.2, -0.15) is 0 Å². The van der Waals surface area contributed by atoms with Gasteiger partial charge >= 0.3 is 0 Å². The molecule has 98 valence electrons. The maximum absolute atomic E-state index is 11.2. The number of anilines is 1. The Balaban J connectivity index is 0.000000366. The van der Waals surface area contributed by atoms with Crippen molar-refractivity contribution in [3.05, 3.63) is 30.3 Å². The fourth-order valence-corrected chi connectivity index (χ4v) is 1.63.